The van der Waals surface area contributed by atoms with E-state index in [1.165, 1.54) is 0 Å². The van der Waals surface area contributed by atoms with E-state index in [0.29, 0.717) is 6.61 Å². The minimum atomic E-state index is -2.40. The summed E-state index contributed by atoms with van der Waals surface area (Å²) < 4.78 is 21.0. The molecule has 0 spiro atoms. The molecule has 0 aromatic rings. The second-order valence-corrected chi connectivity index (χ2v) is 6.04. The maximum absolute atomic E-state index is 5.26. The molecule has 0 aromatic carbocycles. The zero-order valence-electron chi connectivity index (χ0n) is 9.46. The van der Waals surface area contributed by atoms with Crippen molar-refractivity contribution < 1.29 is 18.0 Å². The number of ether oxygens (including phenoxy) is 1. The predicted molar refractivity (Wildman–Crippen MR) is 57.0 cm³/mol. The van der Waals surface area contributed by atoms with E-state index in [2.05, 4.69) is 6.58 Å². The van der Waals surface area contributed by atoms with Crippen molar-refractivity contribution in [2.75, 3.05) is 27.9 Å². The van der Waals surface area contributed by atoms with Crippen LogP contribution in [0.1, 0.15) is 13.3 Å². The minimum Gasteiger partial charge on any atom is -0.499 e. The van der Waals surface area contributed by atoms with Crippen LogP contribution in [0.3, 0.4) is 0 Å². The van der Waals surface area contributed by atoms with Crippen LogP contribution in [0.15, 0.2) is 12.3 Å². The average molecular weight is 220 g/mol. The molecule has 0 aliphatic rings. The first-order valence-electron chi connectivity index (χ1n) is 4.54. The molecule has 0 amide bonds. The highest BCUT2D eigenvalue weighted by Crippen LogP contribution is 2.15. The van der Waals surface area contributed by atoms with Crippen LogP contribution in [0.5, 0.6) is 0 Å². The quantitative estimate of drug-likeness (QED) is 0.355. The third kappa shape index (κ3) is 4.76. The lowest BCUT2D eigenvalue weighted by Gasteiger charge is -2.24. The second kappa shape index (κ2) is 7.00. The van der Waals surface area contributed by atoms with E-state index in [4.69, 9.17) is 18.0 Å². The molecule has 0 aromatic heterocycles. The largest absolute Gasteiger partial charge is 0.500 e. The van der Waals surface area contributed by atoms with Crippen LogP contribution in [-0.2, 0) is 18.0 Å². The molecule has 4 nitrogen and oxygen atoms in total. The molecular formula is C9H20O4Si. The molecule has 0 rings (SSSR count). The first-order valence-corrected chi connectivity index (χ1v) is 6.47. The van der Waals surface area contributed by atoms with E-state index in [-0.39, 0.29) is 0 Å². The lowest BCUT2D eigenvalue weighted by molar-refractivity contribution is 0.118. The lowest BCUT2D eigenvalue weighted by Crippen LogP contribution is -2.42. The van der Waals surface area contributed by atoms with Crippen LogP contribution < -0.4 is 0 Å². The van der Waals surface area contributed by atoms with E-state index in [1.807, 2.05) is 6.92 Å². The number of allylic oxidation sites excluding steroid dienone is 1. The molecule has 0 N–H and O–H groups in total. The van der Waals surface area contributed by atoms with Crippen LogP contribution in [0, 0.1) is 0 Å². The summed E-state index contributed by atoms with van der Waals surface area (Å²) in [7, 11) is 2.43. The van der Waals surface area contributed by atoms with Crippen LogP contribution in [0.4, 0.5) is 0 Å². The Balaban J connectivity index is 3.77. The average Bonchev–Trinajstić information content (AvgIpc) is 2.19. The minimum absolute atomic E-state index is 0.625. The van der Waals surface area contributed by atoms with Crippen molar-refractivity contribution in [2.45, 2.75) is 19.4 Å². The van der Waals surface area contributed by atoms with E-state index in [0.717, 1.165) is 18.2 Å². The molecule has 0 radical (unpaired) electrons. The van der Waals surface area contributed by atoms with Crippen molar-refractivity contribution in [1.29, 1.82) is 0 Å². The molecule has 0 aliphatic carbocycles. The summed E-state index contributed by atoms with van der Waals surface area (Å²) in [6, 6.07) is 0.754. The van der Waals surface area contributed by atoms with E-state index >= 15 is 0 Å². The molecular weight excluding hydrogens is 200 g/mol. The normalized spacial score (nSPS) is 11.4. The molecule has 0 unspecified atom stereocenters. The molecule has 0 heterocycles. The topological polar surface area (TPSA) is 36.9 Å². The van der Waals surface area contributed by atoms with E-state index < -0.39 is 8.80 Å². The summed E-state index contributed by atoms with van der Waals surface area (Å²) in [5.41, 5.74) is 0. The van der Waals surface area contributed by atoms with Crippen LogP contribution in [-0.4, -0.2) is 36.7 Å². The first-order chi connectivity index (χ1) is 6.60. The van der Waals surface area contributed by atoms with Gasteiger partial charge in [-0.3, -0.25) is 0 Å². The molecule has 14 heavy (non-hydrogen) atoms. The Bertz CT molecular complexity index is 160. The number of hydrogen-bond donors (Lipinski definition) is 0. The van der Waals surface area contributed by atoms with Gasteiger partial charge in [0.2, 0.25) is 0 Å². The van der Waals surface area contributed by atoms with Crippen LogP contribution in [0.2, 0.25) is 6.04 Å². The van der Waals surface area contributed by atoms with Crippen molar-refractivity contribution >= 4 is 8.80 Å². The Morgan fingerprint density at radius 1 is 1.14 bits per heavy atom. The van der Waals surface area contributed by atoms with E-state index in [9.17, 15) is 0 Å². The third-order valence-electron chi connectivity index (χ3n) is 1.91. The van der Waals surface area contributed by atoms with E-state index in [1.54, 1.807) is 21.3 Å². The molecule has 0 bridgehead atoms. The standard InChI is InChI=1S/C9H20O4Si/c1-9(2)13-7-6-8-14(10-3,11-4)12-5/h1,6-8H2,2-5H3. The summed E-state index contributed by atoms with van der Waals surface area (Å²) in [5, 5.41) is 0. The zero-order chi connectivity index (χ0) is 11.0. The van der Waals surface area contributed by atoms with Gasteiger partial charge in [-0.2, -0.15) is 0 Å². The Kier molecular flexibility index (Phi) is 6.82. The Hall–Kier alpha value is -0.363. The highest BCUT2D eigenvalue weighted by molar-refractivity contribution is 6.60. The van der Waals surface area contributed by atoms with Gasteiger partial charge in [-0.25, -0.2) is 0 Å². The van der Waals surface area contributed by atoms with Crippen molar-refractivity contribution in [2.24, 2.45) is 0 Å². The fraction of sp³-hybridized carbons (Fsp3) is 0.778. The summed E-state index contributed by atoms with van der Waals surface area (Å²) in [4.78, 5) is 0. The number of hydrogen-bond acceptors (Lipinski definition) is 4. The van der Waals surface area contributed by atoms with Crippen molar-refractivity contribution in [3.8, 4) is 0 Å². The zero-order valence-corrected chi connectivity index (χ0v) is 10.5. The molecule has 0 saturated carbocycles. The van der Waals surface area contributed by atoms with Gasteiger partial charge in [0.1, 0.15) is 0 Å². The highest BCUT2D eigenvalue weighted by atomic mass is 28.4. The Morgan fingerprint density at radius 3 is 2.00 bits per heavy atom. The maximum Gasteiger partial charge on any atom is 0.500 e. The van der Waals surface area contributed by atoms with Crippen molar-refractivity contribution in [3.63, 3.8) is 0 Å². The Labute approximate surface area is 87.2 Å². The first kappa shape index (κ1) is 13.6. The summed E-state index contributed by atoms with van der Waals surface area (Å²) >= 11 is 0. The molecule has 84 valence electrons. The summed E-state index contributed by atoms with van der Waals surface area (Å²) in [6.07, 6.45) is 0.842. The third-order valence-corrected chi connectivity index (χ3v) is 4.74. The molecule has 0 atom stereocenters. The Morgan fingerprint density at radius 2 is 1.64 bits per heavy atom. The van der Waals surface area contributed by atoms with Gasteiger partial charge in [-0.1, -0.05) is 6.58 Å². The van der Waals surface area contributed by atoms with Gasteiger partial charge in [0, 0.05) is 27.4 Å². The maximum atomic E-state index is 5.26. The van der Waals surface area contributed by atoms with Gasteiger partial charge in [0.15, 0.2) is 0 Å². The summed E-state index contributed by atoms with van der Waals surface area (Å²) in [6.45, 7) is 6.10. The van der Waals surface area contributed by atoms with Gasteiger partial charge in [0.25, 0.3) is 0 Å². The highest BCUT2D eigenvalue weighted by Gasteiger charge is 2.36. The van der Waals surface area contributed by atoms with Gasteiger partial charge >= 0.3 is 8.80 Å². The lowest BCUT2D eigenvalue weighted by atomic mass is 10.5. The van der Waals surface area contributed by atoms with Gasteiger partial charge in [-0.15, -0.1) is 0 Å². The molecule has 0 saturated heterocycles. The second-order valence-electron chi connectivity index (χ2n) is 2.95. The van der Waals surface area contributed by atoms with Crippen LogP contribution >= 0.6 is 0 Å². The summed E-state index contributed by atoms with van der Waals surface area (Å²) in [5.74, 6) is 0.726. The fourth-order valence-corrected chi connectivity index (χ4v) is 2.78. The number of rotatable bonds is 8. The molecule has 0 fully saturated rings. The monoisotopic (exact) mass is 220 g/mol. The molecule has 5 heteroatoms. The van der Waals surface area contributed by atoms with Gasteiger partial charge < -0.3 is 18.0 Å². The van der Waals surface area contributed by atoms with Gasteiger partial charge in [-0.05, 0) is 13.3 Å². The van der Waals surface area contributed by atoms with Crippen molar-refractivity contribution in [3.05, 3.63) is 12.3 Å². The SMILES string of the molecule is C=C(C)OCCC[Si](OC)(OC)OC. The fourth-order valence-electron chi connectivity index (χ4n) is 1.09. The van der Waals surface area contributed by atoms with Crippen molar-refractivity contribution in [1.82, 2.24) is 0 Å². The molecule has 0 aliphatic heterocycles. The van der Waals surface area contributed by atoms with Crippen LogP contribution in [0.25, 0.3) is 0 Å². The predicted octanol–water partition coefficient (Wildman–Crippen LogP) is 1.80. The smallest absolute Gasteiger partial charge is 0.499 e. The van der Waals surface area contributed by atoms with Gasteiger partial charge in [0.05, 0.1) is 12.4 Å².